The Labute approximate surface area is 825 Å². The molecule has 686 valence electrons. The highest BCUT2D eigenvalue weighted by Crippen LogP contribution is 2.51. The normalized spacial score (nSPS) is 11.9. The summed E-state index contributed by atoms with van der Waals surface area (Å²) in [6, 6.07) is 140. The van der Waals surface area contributed by atoms with Crippen molar-refractivity contribution in [2.24, 2.45) is 0 Å². The molecule has 6 aromatic heterocycles. The van der Waals surface area contributed by atoms with E-state index >= 15 is 0 Å². The summed E-state index contributed by atoms with van der Waals surface area (Å²) < 4.78 is 52.7. The van der Waals surface area contributed by atoms with Crippen LogP contribution in [-0.2, 0) is 17.0 Å². The number of para-hydroxylation sites is 2. The quantitative estimate of drug-likeness (QED) is 0.105. The summed E-state index contributed by atoms with van der Waals surface area (Å²) in [5, 5.41) is 27.7. The van der Waals surface area contributed by atoms with Crippen molar-refractivity contribution in [3.63, 3.8) is 0 Å². The van der Waals surface area contributed by atoms with Crippen molar-refractivity contribution >= 4 is 87.2 Å². The first-order valence-electron chi connectivity index (χ1n) is 48.0. The number of halogens is 3. The molecule has 0 atom stereocenters. The molecule has 6 heterocycles. The molecule has 18 aromatic carbocycles. The van der Waals surface area contributed by atoms with Gasteiger partial charge in [0.1, 0.15) is 0 Å². The summed E-state index contributed by atoms with van der Waals surface area (Å²) >= 11 is 0. The summed E-state index contributed by atoms with van der Waals surface area (Å²) in [6.45, 7) is 19.8. The Morgan fingerprint density at radius 1 is 0.217 bits per heavy atom. The molecule has 0 unspecified atom stereocenters. The zero-order chi connectivity index (χ0) is 97.8. The predicted octanol–water partition coefficient (Wildman–Crippen LogP) is 33.1. The van der Waals surface area contributed by atoms with E-state index in [0.717, 1.165) is 173 Å². The van der Waals surface area contributed by atoms with Gasteiger partial charge in [0.2, 0.25) is 0 Å². The fourth-order valence-corrected chi connectivity index (χ4v) is 20.4. The van der Waals surface area contributed by atoms with Crippen LogP contribution in [0.2, 0.25) is 0 Å². The third-order valence-corrected chi connectivity index (χ3v) is 27.6. The van der Waals surface area contributed by atoms with Crippen LogP contribution < -0.4 is 0 Å². The van der Waals surface area contributed by atoms with E-state index in [9.17, 15) is 23.7 Å². The molecule has 0 radical (unpaired) electrons. The molecule has 24 rings (SSSR count). The Hall–Kier alpha value is -18.1. The van der Waals surface area contributed by atoms with E-state index in [1.165, 1.54) is 38.7 Å². The van der Waals surface area contributed by atoms with Gasteiger partial charge < -0.3 is 18.3 Å². The Morgan fingerprint density at radius 3 is 0.818 bits per heavy atom. The lowest BCUT2D eigenvalue weighted by atomic mass is 9.86. The van der Waals surface area contributed by atoms with E-state index in [1.54, 1.807) is 18.2 Å². The minimum Gasteiger partial charge on any atom is -0.309 e. The molecular formula is C128H93F3N12. The summed E-state index contributed by atoms with van der Waals surface area (Å²) in [6.07, 6.45) is -4.54. The number of alkyl halides is 3. The monoisotopic (exact) mass is 1850 g/mol. The molecule has 0 aliphatic rings. The number of aryl methyl sites for hydroxylation is 3. The second-order valence-corrected chi connectivity index (χ2v) is 38.9. The molecule has 0 aliphatic heterocycles. The molecular weight excluding hydrogens is 1760 g/mol. The topological polar surface area (TPSA) is 145 Å². The van der Waals surface area contributed by atoms with Crippen molar-refractivity contribution in [2.75, 3.05) is 0 Å². The molecule has 0 amide bonds. The highest BCUT2D eigenvalue weighted by Gasteiger charge is 2.34. The van der Waals surface area contributed by atoms with Crippen molar-refractivity contribution in [2.45, 2.75) is 79.3 Å². The van der Waals surface area contributed by atoms with Gasteiger partial charge in [0.05, 0.1) is 107 Å². The van der Waals surface area contributed by atoms with Gasteiger partial charge in [0, 0.05) is 76.5 Å². The van der Waals surface area contributed by atoms with Gasteiger partial charge in [-0.1, -0.05) is 307 Å². The van der Waals surface area contributed by atoms with Crippen LogP contribution in [0.5, 0.6) is 0 Å². The zero-order valence-corrected chi connectivity index (χ0v) is 80.1. The van der Waals surface area contributed by atoms with Crippen LogP contribution >= 0.6 is 0 Å². The molecule has 15 heteroatoms. The molecule has 0 N–H and O–H groups in total. The zero-order valence-electron chi connectivity index (χ0n) is 80.1. The third kappa shape index (κ3) is 16.1. The summed E-state index contributed by atoms with van der Waals surface area (Å²) in [4.78, 5) is 32.1. The second-order valence-electron chi connectivity index (χ2n) is 38.9. The van der Waals surface area contributed by atoms with Crippen LogP contribution in [0.15, 0.2) is 400 Å². The number of aromatic nitrogens is 10. The number of nitrogens with zero attached hydrogens (tertiary/aromatic N) is 12. The van der Waals surface area contributed by atoms with Crippen molar-refractivity contribution in [3.8, 4) is 148 Å². The van der Waals surface area contributed by atoms with E-state index < -0.39 is 11.7 Å². The van der Waals surface area contributed by atoms with Crippen LogP contribution in [0.4, 0.5) is 13.2 Å². The van der Waals surface area contributed by atoms with Crippen LogP contribution in [0, 0.1) is 43.4 Å². The number of hydrogen-bond acceptors (Lipinski definition) is 8. The summed E-state index contributed by atoms with van der Waals surface area (Å²) in [5.74, 6) is 3.14. The SMILES string of the molecule is CC(C)(C)c1ccc2c(c1)c1ccccc1n2-c1ccc(-c2ccc(C#N)cc2)cc1-c1cccc(-n2c3ccccc3c3cc(C(C)(C)C)ccc32)c1-c1nc(-c2ccccc2)nc(-c2ccccc2)n1.Cc1ccc2c(c1)c1cc(C(F)(F)F)ccc1n2-c1ccc(-c2ccc(C#N)cc2)cc1-c1cccc(-n2c3ccc(C)cc3c3cc(C)ccc32)c1-c1nc(-c2ccccc2)nc(-c2ccccc2)n1. The second kappa shape index (κ2) is 35.4. The Kier molecular flexibility index (Phi) is 22.0. The highest BCUT2D eigenvalue weighted by molar-refractivity contribution is 6.15. The fourth-order valence-electron chi connectivity index (χ4n) is 20.4. The molecule has 12 nitrogen and oxygen atoms in total. The molecule has 24 aromatic rings. The van der Waals surface area contributed by atoms with E-state index in [-0.39, 0.29) is 10.8 Å². The Balaban J connectivity index is 0.000000159. The lowest BCUT2D eigenvalue weighted by Crippen LogP contribution is -2.10. The number of fused-ring (bicyclic) bond motifs is 12. The first kappa shape index (κ1) is 88.9. The smallest absolute Gasteiger partial charge is 0.309 e. The van der Waals surface area contributed by atoms with Crippen molar-refractivity contribution in [1.82, 2.24) is 48.2 Å². The lowest BCUT2D eigenvalue weighted by molar-refractivity contribution is -0.137. The van der Waals surface area contributed by atoms with E-state index in [2.05, 4.69) is 292 Å². The molecule has 0 fully saturated rings. The maximum atomic E-state index is 14.5. The molecule has 0 spiro atoms. The van der Waals surface area contributed by atoms with Gasteiger partial charge >= 0.3 is 6.18 Å². The fraction of sp³-hybridized carbons (Fsp3) is 0.0938. The first-order chi connectivity index (χ1) is 69.4. The minimum atomic E-state index is -4.54. The molecule has 0 saturated heterocycles. The summed E-state index contributed by atoms with van der Waals surface area (Å²) in [7, 11) is 0. The minimum absolute atomic E-state index is 0.0382. The molecule has 0 aliphatic carbocycles. The molecule has 0 saturated carbocycles. The maximum absolute atomic E-state index is 14.5. The lowest BCUT2D eigenvalue weighted by Gasteiger charge is -2.22. The average molecular weight is 1860 g/mol. The third-order valence-electron chi connectivity index (χ3n) is 27.6. The standard InChI is InChI=1S/C66H52N6.C62H41F3N6/c1-65(2,3)47-33-36-58-53(39-47)49-22-13-15-25-55(49)71(58)57-35-32-46(43-30-28-42(41-67)29-31-43)38-52(57)51-24-17-27-60(72-56-26-16-14-23-50(56)54-40-48(66(4,5)6)34-37-59(54)72)61(51)64-69-62(44-18-9-7-10-19-44)68-63(70-64)45-20-11-8-12-21-45;1-37-18-27-53-47(31-37)48-32-38(2)19-28-54(48)71(53)57-16-10-15-46(58(57)61-68-59(42-11-6-4-7-12-42)67-60(69-61)43-13-8-5-9-14-43)50-34-44(41-22-20-40(36-66)21-23-41)24-29-55(50)70-52-26-17-39(3)33-49(52)51-35-45(62(63,64)65)25-30-56(51)70/h7-40H,1-6H3;4-35H,1-3H3. The largest absolute Gasteiger partial charge is 0.416 e. The molecule has 0 bridgehead atoms. The Morgan fingerprint density at radius 2 is 0.490 bits per heavy atom. The van der Waals surface area contributed by atoms with Gasteiger partial charge in [-0.25, -0.2) is 29.9 Å². The van der Waals surface area contributed by atoms with Gasteiger partial charge in [-0.2, -0.15) is 23.7 Å². The van der Waals surface area contributed by atoms with Crippen LogP contribution in [0.25, 0.3) is 223 Å². The van der Waals surface area contributed by atoms with Crippen molar-refractivity contribution < 1.29 is 13.2 Å². The molecule has 143 heavy (non-hydrogen) atoms. The number of benzene rings is 18. The summed E-state index contributed by atoms with van der Waals surface area (Å²) in [5.41, 5.74) is 29.7. The van der Waals surface area contributed by atoms with Gasteiger partial charge in [-0.15, -0.1) is 0 Å². The first-order valence-corrected chi connectivity index (χ1v) is 48.0. The van der Waals surface area contributed by atoms with Crippen molar-refractivity contribution in [3.05, 3.63) is 445 Å². The average Bonchev–Trinajstić information content (AvgIpc) is 1.61. The van der Waals surface area contributed by atoms with Gasteiger partial charge in [0.15, 0.2) is 34.9 Å². The van der Waals surface area contributed by atoms with E-state index in [0.29, 0.717) is 62.4 Å². The number of hydrogen-bond donors (Lipinski definition) is 0. The van der Waals surface area contributed by atoms with Gasteiger partial charge in [-0.3, -0.25) is 0 Å². The number of nitriles is 2. The van der Waals surface area contributed by atoms with E-state index in [1.807, 2.05) is 171 Å². The van der Waals surface area contributed by atoms with E-state index in [4.69, 9.17) is 29.9 Å². The van der Waals surface area contributed by atoms with Gasteiger partial charge in [-0.05, 0) is 228 Å². The predicted molar refractivity (Wildman–Crippen MR) is 577 cm³/mol. The van der Waals surface area contributed by atoms with Gasteiger partial charge in [0.25, 0.3) is 0 Å². The highest BCUT2D eigenvalue weighted by atomic mass is 19.4. The van der Waals surface area contributed by atoms with Crippen LogP contribution in [0.1, 0.15) is 86.1 Å². The number of rotatable bonds is 14. The van der Waals surface area contributed by atoms with Crippen molar-refractivity contribution in [1.29, 1.82) is 10.5 Å². The van der Waals surface area contributed by atoms with Crippen LogP contribution in [-0.4, -0.2) is 48.2 Å². The maximum Gasteiger partial charge on any atom is 0.416 e. The van der Waals surface area contributed by atoms with Crippen LogP contribution in [0.3, 0.4) is 0 Å². The Bertz CT molecular complexity index is 9130.